The van der Waals surface area contributed by atoms with Gasteiger partial charge in [-0.2, -0.15) is 0 Å². The summed E-state index contributed by atoms with van der Waals surface area (Å²) in [6.07, 6.45) is -0.528. The number of nitrogens with one attached hydrogen (secondary N) is 2. The van der Waals surface area contributed by atoms with Crippen LogP contribution in [-0.2, 0) is 15.9 Å². The number of H-pyrrole nitrogens is 1. The minimum Gasteiger partial charge on any atom is -0.444 e. The minimum atomic E-state index is -0.780. The fourth-order valence-electron chi connectivity index (χ4n) is 4.51. The lowest BCUT2D eigenvalue weighted by Crippen LogP contribution is -2.51. The zero-order valence-electron chi connectivity index (χ0n) is 23.1. The number of benzene rings is 1. The first-order valence-electron chi connectivity index (χ1n) is 12.6. The highest BCUT2D eigenvalue weighted by atomic mass is 32.1. The minimum absolute atomic E-state index is 0.0158. The van der Waals surface area contributed by atoms with Gasteiger partial charge in [0, 0.05) is 11.4 Å². The van der Waals surface area contributed by atoms with E-state index in [-0.39, 0.29) is 11.1 Å². The van der Waals surface area contributed by atoms with Gasteiger partial charge in [0.25, 0.3) is 5.91 Å². The average molecular weight is 560 g/mol. The van der Waals surface area contributed by atoms with Crippen molar-refractivity contribution in [3.8, 4) is 10.7 Å². The molecule has 0 fully saturated rings. The largest absolute Gasteiger partial charge is 0.444 e. The van der Waals surface area contributed by atoms with E-state index in [0.717, 1.165) is 21.4 Å². The normalized spacial score (nSPS) is 16.5. The SMILES string of the molecule is CC(NC(=O)OC(C)(C)C)C1c2sc(-c3nc4c(C(N)=O)cc(F)cc4[nH]3)cc2CCN1C(=O)OC(C)(C)C. The molecule has 0 spiro atoms. The van der Waals surface area contributed by atoms with E-state index >= 15 is 0 Å². The number of carbonyl (C=O) groups excluding carboxylic acids is 3. The molecule has 1 aliphatic rings. The van der Waals surface area contributed by atoms with E-state index in [1.807, 2.05) is 13.0 Å². The van der Waals surface area contributed by atoms with Gasteiger partial charge in [-0.3, -0.25) is 9.69 Å². The zero-order chi connectivity index (χ0) is 28.9. The van der Waals surface area contributed by atoms with Crippen LogP contribution in [0.4, 0.5) is 14.0 Å². The zero-order valence-corrected chi connectivity index (χ0v) is 23.9. The third kappa shape index (κ3) is 6.32. The number of fused-ring (bicyclic) bond motifs is 2. The number of hydrogen-bond donors (Lipinski definition) is 3. The second-order valence-corrected chi connectivity index (χ2v) is 12.7. The molecule has 0 saturated heterocycles. The van der Waals surface area contributed by atoms with Crippen LogP contribution in [0.5, 0.6) is 0 Å². The Morgan fingerprint density at radius 2 is 1.82 bits per heavy atom. The average Bonchev–Trinajstić information content (AvgIpc) is 3.38. The van der Waals surface area contributed by atoms with Gasteiger partial charge in [0.2, 0.25) is 0 Å². The predicted octanol–water partition coefficient (Wildman–Crippen LogP) is 5.28. The lowest BCUT2D eigenvalue weighted by atomic mass is 9.96. The van der Waals surface area contributed by atoms with E-state index in [1.54, 1.807) is 46.4 Å². The molecule has 12 heteroatoms. The Morgan fingerprint density at radius 1 is 1.15 bits per heavy atom. The van der Waals surface area contributed by atoms with Crippen LogP contribution in [0.25, 0.3) is 21.7 Å². The number of hydrogen-bond acceptors (Lipinski definition) is 7. The number of rotatable bonds is 4. The molecule has 2 unspecified atom stereocenters. The van der Waals surface area contributed by atoms with Crippen molar-refractivity contribution >= 4 is 40.5 Å². The molecule has 10 nitrogen and oxygen atoms in total. The van der Waals surface area contributed by atoms with E-state index in [0.29, 0.717) is 24.3 Å². The van der Waals surface area contributed by atoms with Gasteiger partial charge in [-0.15, -0.1) is 11.3 Å². The molecular weight excluding hydrogens is 525 g/mol. The third-order valence-corrected chi connectivity index (χ3v) is 7.22. The number of thiophene rings is 1. The second kappa shape index (κ2) is 10.1. The topological polar surface area (TPSA) is 140 Å². The lowest BCUT2D eigenvalue weighted by molar-refractivity contribution is 0.00864. The second-order valence-electron chi connectivity index (χ2n) is 11.6. The standard InChI is InChI=1S/C27H34FN5O5S/c1-13(30-24(35)37-26(2,3)4)20-21-14(8-9-33(20)25(36)38-27(5,6)7)10-18(39-21)23-31-17-12-15(28)11-16(22(29)34)19(17)32-23/h10-13,20H,8-9H2,1-7H3,(H2,29,34)(H,30,35)(H,31,32). The van der Waals surface area contributed by atoms with Gasteiger partial charge in [-0.05, 0) is 78.6 Å². The fourth-order valence-corrected chi connectivity index (χ4v) is 5.88. The highest BCUT2D eigenvalue weighted by Gasteiger charge is 2.39. The molecule has 39 heavy (non-hydrogen) atoms. The Bertz CT molecular complexity index is 1430. The van der Waals surface area contributed by atoms with Gasteiger partial charge in [0.1, 0.15) is 28.4 Å². The maximum absolute atomic E-state index is 14.1. The number of amides is 3. The third-order valence-electron chi connectivity index (χ3n) is 5.96. The summed E-state index contributed by atoms with van der Waals surface area (Å²) in [4.78, 5) is 48.6. The molecule has 3 amide bonds. The molecule has 2 atom stereocenters. The highest BCUT2D eigenvalue weighted by molar-refractivity contribution is 7.15. The van der Waals surface area contributed by atoms with Crippen molar-refractivity contribution in [1.82, 2.24) is 20.2 Å². The van der Waals surface area contributed by atoms with Crippen molar-refractivity contribution in [3.05, 3.63) is 40.0 Å². The first-order chi connectivity index (χ1) is 18.0. The quantitative estimate of drug-likeness (QED) is 0.398. The number of imidazole rings is 1. The Labute approximate surface area is 230 Å². The van der Waals surface area contributed by atoms with Crippen LogP contribution in [0.1, 0.15) is 75.3 Å². The van der Waals surface area contributed by atoms with Gasteiger partial charge in [0.05, 0.1) is 28.0 Å². The van der Waals surface area contributed by atoms with Crippen molar-refractivity contribution in [1.29, 1.82) is 0 Å². The number of nitrogens with zero attached hydrogens (tertiary/aromatic N) is 2. The van der Waals surface area contributed by atoms with Crippen molar-refractivity contribution < 1.29 is 28.2 Å². The van der Waals surface area contributed by atoms with Gasteiger partial charge < -0.3 is 25.5 Å². The van der Waals surface area contributed by atoms with E-state index < -0.39 is 47.2 Å². The van der Waals surface area contributed by atoms with Gasteiger partial charge in [-0.25, -0.2) is 19.0 Å². The van der Waals surface area contributed by atoms with E-state index in [1.165, 1.54) is 17.4 Å². The number of halogens is 1. The lowest BCUT2D eigenvalue weighted by Gasteiger charge is -2.39. The summed E-state index contributed by atoms with van der Waals surface area (Å²) < 4.78 is 25.2. The summed E-state index contributed by atoms with van der Waals surface area (Å²) in [5.74, 6) is -0.946. The highest BCUT2D eigenvalue weighted by Crippen LogP contribution is 2.42. The molecule has 210 valence electrons. The molecular formula is C27H34FN5O5S. The Morgan fingerprint density at radius 3 is 2.44 bits per heavy atom. The number of aromatic nitrogens is 2. The number of primary amides is 1. The van der Waals surface area contributed by atoms with Crippen LogP contribution in [0.15, 0.2) is 18.2 Å². The van der Waals surface area contributed by atoms with Gasteiger partial charge >= 0.3 is 12.2 Å². The van der Waals surface area contributed by atoms with Crippen LogP contribution in [0, 0.1) is 5.82 Å². The molecule has 4 rings (SSSR count). The number of aromatic amines is 1. The van der Waals surface area contributed by atoms with Crippen LogP contribution >= 0.6 is 11.3 Å². The van der Waals surface area contributed by atoms with Crippen molar-refractivity contribution in [2.24, 2.45) is 5.73 Å². The van der Waals surface area contributed by atoms with E-state index in [9.17, 15) is 18.8 Å². The van der Waals surface area contributed by atoms with E-state index in [4.69, 9.17) is 15.2 Å². The maximum atomic E-state index is 14.1. The van der Waals surface area contributed by atoms with E-state index in [2.05, 4.69) is 15.3 Å². The number of nitrogens with two attached hydrogens (primary N) is 1. The van der Waals surface area contributed by atoms with Crippen LogP contribution in [0.2, 0.25) is 0 Å². The first-order valence-corrected chi connectivity index (χ1v) is 13.5. The number of carbonyl (C=O) groups is 3. The smallest absolute Gasteiger partial charge is 0.410 e. The summed E-state index contributed by atoms with van der Waals surface area (Å²) in [5, 5.41) is 2.87. The monoisotopic (exact) mass is 559 g/mol. The van der Waals surface area contributed by atoms with Crippen LogP contribution < -0.4 is 11.1 Å². The van der Waals surface area contributed by atoms with Crippen LogP contribution in [-0.4, -0.2) is 56.8 Å². The molecule has 3 heterocycles. The number of alkyl carbamates (subject to hydrolysis) is 1. The molecule has 0 aliphatic carbocycles. The van der Waals surface area contributed by atoms with Crippen molar-refractivity contribution in [2.75, 3.05) is 6.54 Å². The fraction of sp³-hybridized carbons (Fsp3) is 0.481. The molecule has 2 aromatic heterocycles. The molecule has 0 saturated carbocycles. The summed E-state index contributed by atoms with van der Waals surface area (Å²) in [7, 11) is 0. The Hall–Kier alpha value is -3.67. The van der Waals surface area contributed by atoms with Crippen molar-refractivity contribution in [3.63, 3.8) is 0 Å². The molecule has 0 radical (unpaired) electrons. The van der Waals surface area contributed by atoms with Crippen molar-refractivity contribution in [2.45, 2.75) is 78.2 Å². The summed E-state index contributed by atoms with van der Waals surface area (Å²) >= 11 is 1.39. The van der Waals surface area contributed by atoms with Crippen LogP contribution in [0.3, 0.4) is 0 Å². The summed E-state index contributed by atoms with van der Waals surface area (Å²) in [6.45, 7) is 12.9. The van der Waals surface area contributed by atoms with Gasteiger partial charge in [-0.1, -0.05) is 0 Å². The maximum Gasteiger partial charge on any atom is 0.410 e. The Balaban J connectivity index is 1.74. The predicted molar refractivity (Wildman–Crippen MR) is 146 cm³/mol. The molecule has 1 aromatic carbocycles. The molecule has 1 aliphatic heterocycles. The summed E-state index contributed by atoms with van der Waals surface area (Å²) in [5.41, 5.74) is 5.64. The van der Waals surface area contributed by atoms with Gasteiger partial charge in [0.15, 0.2) is 0 Å². The number of ether oxygens (including phenoxy) is 2. The Kier molecular flexibility index (Phi) is 7.37. The first kappa shape index (κ1) is 28.3. The molecule has 4 N–H and O–H groups in total. The molecule has 0 bridgehead atoms. The molecule has 3 aromatic rings. The summed E-state index contributed by atoms with van der Waals surface area (Å²) in [6, 6.07) is 3.21.